The maximum Gasteiger partial charge on any atom is 0.164 e. The second-order valence-electron chi connectivity index (χ2n) is 11.6. The van der Waals surface area contributed by atoms with E-state index in [4.69, 9.17) is 31.7 Å². The Morgan fingerprint density at radius 1 is 0.440 bits per heavy atom. The van der Waals surface area contributed by atoms with Crippen molar-refractivity contribution < 1.29 is 20.9 Å². The molecule has 7 aromatic carbocycles. The van der Waals surface area contributed by atoms with Gasteiger partial charge in [-0.3, -0.25) is 0 Å². The molecule has 0 radical (unpaired) electrons. The maximum atomic E-state index is 9.60. The Bertz CT molecular complexity index is 3520. The van der Waals surface area contributed by atoms with Crippen LogP contribution in [0.15, 0.2) is 174 Å². The van der Waals surface area contributed by atoms with Gasteiger partial charge in [0.15, 0.2) is 17.5 Å². The van der Waals surface area contributed by atoms with Crippen molar-refractivity contribution in [2.75, 3.05) is 0 Å². The molecular formula is C45H28N4O. The minimum Gasteiger partial charge on any atom is -0.456 e. The van der Waals surface area contributed by atoms with E-state index in [0.29, 0.717) is 39.7 Å². The third-order valence-corrected chi connectivity index (χ3v) is 8.60. The van der Waals surface area contributed by atoms with Gasteiger partial charge in [0, 0.05) is 43.9 Å². The van der Waals surface area contributed by atoms with Crippen LogP contribution < -0.4 is 0 Å². The van der Waals surface area contributed by atoms with E-state index >= 15 is 0 Å². The summed E-state index contributed by atoms with van der Waals surface area (Å²) in [5, 5.41) is 1.53. The summed E-state index contributed by atoms with van der Waals surface area (Å²) >= 11 is 0. The first kappa shape index (κ1) is 18.6. The summed E-state index contributed by atoms with van der Waals surface area (Å²) < 4.78 is 112. The molecule has 0 aliphatic rings. The van der Waals surface area contributed by atoms with Crippen molar-refractivity contribution in [3.63, 3.8) is 0 Å². The fraction of sp³-hybridized carbons (Fsp3) is 0. The minimum atomic E-state index is -0.700. The molecule has 0 bridgehead atoms. The zero-order chi connectivity index (χ0) is 43.5. The van der Waals surface area contributed by atoms with Crippen LogP contribution >= 0.6 is 0 Å². The van der Waals surface area contributed by atoms with E-state index in [1.165, 1.54) is 0 Å². The summed E-state index contributed by atoms with van der Waals surface area (Å²) in [6.07, 6.45) is 0. The number of aromatic nitrogens is 4. The Morgan fingerprint density at radius 3 is 1.88 bits per heavy atom. The molecule has 0 atom stereocenters. The van der Waals surface area contributed by atoms with Crippen molar-refractivity contribution in [2.45, 2.75) is 0 Å². The molecule has 0 saturated heterocycles. The van der Waals surface area contributed by atoms with E-state index < -0.39 is 78.2 Å². The smallest absolute Gasteiger partial charge is 0.164 e. The van der Waals surface area contributed by atoms with Crippen molar-refractivity contribution in [1.82, 2.24) is 19.5 Å². The molecule has 0 amide bonds. The largest absolute Gasteiger partial charge is 0.456 e. The lowest BCUT2D eigenvalue weighted by Crippen LogP contribution is -2.00. The van der Waals surface area contributed by atoms with Gasteiger partial charge in [-0.1, -0.05) is 127 Å². The highest BCUT2D eigenvalue weighted by Gasteiger charge is 2.16. The third kappa shape index (κ3) is 4.67. The van der Waals surface area contributed by atoms with Crippen LogP contribution in [-0.4, -0.2) is 19.5 Å². The van der Waals surface area contributed by atoms with E-state index in [1.807, 2.05) is 72.8 Å². The summed E-state index contributed by atoms with van der Waals surface area (Å²) in [5.41, 5.74) is 2.71. The molecule has 10 aromatic rings. The number of furan rings is 1. The van der Waals surface area contributed by atoms with Crippen LogP contribution in [0.3, 0.4) is 0 Å². The summed E-state index contributed by atoms with van der Waals surface area (Å²) in [7, 11) is 0. The van der Waals surface area contributed by atoms with Gasteiger partial charge in [-0.25, -0.2) is 15.0 Å². The number of benzene rings is 7. The Hall–Kier alpha value is -6.85. The molecule has 0 aliphatic heterocycles. The summed E-state index contributed by atoms with van der Waals surface area (Å²) in [6, 6.07) is 22.4. The van der Waals surface area contributed by atoms with Crippen LogP contribution in [0.1, 0.15) is 16.4 Å². The average Bonchev–Trinajstić information content (AvgIpc) is 3.85. The number of rotatable bonds is 5. The topological polar surface area (TPSA) is 56.7 Å². The summed E-state index contributed by atoms with van der Waals surface area (Å²) in [5.74, 6) is 1.13. The van der Waals surface area contributed by atoms with Gasteiger partial charge in [0.25, 0.3) is 0 Å². The van der Waals surface area contributed by atoms with E-state index in [2.05, 4.69) is 0 Å². The van der Waals surface area contributed by atoms with Crippen LogP contribution in [0, 0.1) is 0 Å². The summed E-state index contributed by atoms with van der Waals surface area (Å²) in [6.45, 7) is 0. The van der Waals surface area contributed by atoms with E-state index in [1.54, 1.807) is 24.3 Å². The second kappa shape index (κ2) is 11.4. The molecule has 234 valence electrons. The lowest BCUT2D eigenvalue weighted by atomic mass is 10.0. The van der Waals surface area contributed by atoms with Crippen molar-refractivity contribution in [2.24, 2.45) is 0 Å². The lowest BCUT2D eigenvalue weighted by Gasteiger charge is -2.10. The number of hydrogen-bond acceptors (Lipinski definition) is 4. The Balaban J connectivity index is 1.17. The molecule has 3 heterocycles. The van der Waals surface area contributed by atoms with Crippen molar-refractivity contribution >= 4 is 43.7 Å². The van der Waals surface area contributed by atoms with Crippen LogP contribution in [0.25, 0.3) is 94.7 Å². The number of hydrogen-bond donors (Lipinski definition) is 0. The monoisotopic (exact) mass is 652 g/mol. The van der Waals surface area contributed by atoms with E-state index in [0.717, 1.165) is 26.5 Å². The normalized spacial score (nSPS) is 15.0. The SMILES string of the molecule is [2H]c1c([2H])c([2H])c(-n2c3c([2H])c([2H])c([2H])c([2H])c3c3c([2H])c([2H])c(-c4ccc(-c5nc(-c6ccccc6)nc(-c6ccc7c(c6)oc6ccccc67)n5)cc4)c([2H])c32)c([2H])c1[2H]. The van der Waals surface area contributed by atoms with Crippen LogP contribution in [0.2, 0.25) is 0 Å². The first-order chi connectivity index (χ1) is 29.8. The van der Waals surface area contributed by atoms with Crippen molar-refractivity contribution in [3.05, 3.63) is 170 Å². The molecule has 10 rings (SSSR count). The predicted molar refractivity (Wildman–Crippen MR) is 203 cm³/mol. The quantitative estimate of drug-likeness (QED) is 0.186. The third-order valence-electron chi connectivity index (χ3n) is 8.60. The molecule has 0 saturated carbocycles. The van der Waals surface area contributed by atoms with Crippen LogP contribution in [0.5, 0.6) is 0 Å². The van der Waals surface area contributed by atoms with E-state index in [9.17, 15) is 4.11 Å². The van der Waals surface area contributed by atoms with Gasteiger partial charge in [0.05, 0.1) is 27.5 Å². The highest BCUT2D eigenvalue weighted by molar-refractivity contribution is 6.10. The zero-order valence-corrected chi connectivity index (χ0v) is 25.9. The van der Waals surface area contributed by atoms with Gasteiger partial charge in [0.2, 0.25) is 0 Å². The van der Waals surface area contributed by atoms with Gasteiger partial charge < -0.3 is 8.98 Å². The second-order valence-corrected chi connectivity index (χ2v) is 11.6. The molecular weight excluding hydrogens is 613 g/mol. The average molecular weight is 653 g/mol. The molecule has 0 unspecified atom stereocenters. The summed E-state index contributed by atoms with van der Waals surface area (Å²) in [4.78, 5) is 14.5. The Kier molecular flexibility index (Phi) is 4.24. The predicted octanol–water partition coefficient (Wildman–Crippen LogP) is 11.5. The molecule has 0 N–H and O–H groups in total. The molecule has 0 spiro atoms. The Labute approximate surface area is 304 Å². The number of fused-ring (bicyclic) bond motifs is 6. The van der Waals surface area contributed by atoms with Crippen molar-refractivity contribution in [3.8, 4) is 51.0 Å². The highest BCUT2D eigenvalue weighted by Crippen LogP contribution is 2.36. The first-order valence-electron chi connectivity index (χ1n) is 21.7. The molecule has 5 heteroatoms. The molecule has 5 nitrogen and oxygen atoms in total. The van der Waals surface area contributed by atoms with Crippen LogP contribution in [-0.2, 0) is 0 Å². The van der Waals surface area contributed by atoms with Crippen LogP contribution in [0.4, 0.5) is 0 Å². The van der Waals surface area contributed by atoms with Gasteiger partial charge in [-0.15, -0.1) is 0 Å². The maximum absolute atomic E-state index is 9.60. The number of para-hydroxylation sites is 3. The lowest BCUT2D eigenvalue weighted by molar-refractivity contribution is 0.669. The fourth-order valence-corrected chi connectivity index (χ4v) is 6.24. The molecule has 3 aromatic heterocycles. The fourth-order valence-electron chi connectivity index (χ4n) is 6.24. The molecule has 50 heavy (non-hydrogen) atoms. The standard InChI is InChI=1S/C45H28N4O/c1-3-11-30(12-4-1)43-46-44(48-45(47-43)33-24-26-38-37-16-8-10-18-41(37)50-42(38)28-33)31-21-19-29(20-22-31)32-23-25-36-35-15-7-9-17-39(35)49(40(36)27-32)34-13-5-2-6-14-34/h1-28H/i2D,5D,6D,7D,9D,13D,14D,15D,17D,23D,25D,27D. The number of nitrogens with zero attached hydrogens (tertiary/aromatic N) is 4. The first-order valence-corrected chi connectivity index (χ1v) is 15.7. The molecule has 0 aliphatic carbocycles. The molecule has 0 fully saturated rings. The van der Waals surface area contributed by atoms with Gasteiger partial charge in [0.1, 0.15) is 11.2 Å². The van der Waals surface area contributed by atoms with E-state index in [-0.39, 0.29) is 27.4 Å². The minimum absolute atomic E-state index is 0.0545. The van der Waals surface area contributed by atoms with Gasteiger partial charge in [-0.2, -0.15) is 0 Å². The van der Waals surface area contributed by atoms with Crippen molar-refractivity contribution in [1.29, 1.82) is 0 Å². The van der Waals surface area contributed by atoms with Gasteiger partial charge >= 0.3 is 0 Å². The van der Waals surface area contributed by atoms with Gasteiger partial charge in [-0.05, 0) is 53.5 Å². The Morgan fingerprint density at radius 2 is 1.06 bits per heavy atom. The zero-order valence-electron chi connectivity index (χ0n) is 37.9. The highest BCUT2D eigenvalue weighted by atomic mass is 16.3.